The summed E-state index contributed by atoms with van der Waals surface area (Å²) >= 11 is 0. The molecule has 98 valence electrons. The van der Waals surface area contributed by atoms with E-state index in [1.807, 2.05) is 11.9 Å². The largest absolute Gasteiger partial charge is 0.342 e. The standard InChI is InChI=1S/C15H27NO/c1-14(2,3)11-9-8-10-16(7)13(17)12(11)15(4,5)6/h8-10H2,1-7H3. The van der Waals surface area contributed by atoms with E-state index < -0.39 is 0 Å². The average Bonchev–Trinajstić information content (AvgIpc) is 2.24. The predicted molar refractivity (Wildman–Crippen MR) is 72.8 cm³/mol. The molecule has 0 bridgehead atoms. The Bertz CT molecular complexity index is 339. The van der Waals surface area contributed by atoms with Crippen LogP contribution in [-0.2, 0) is 4.79 Å². The number of hydrogen-bond donors (Lipinski definition) is 0. The summed E-state index contributed by atoms with van der Waals surface area (Å²) in [6.45, 7) is 13.9. The zero-order chi connectivity index (χ0) is 13.4. The molecular formula is C15H27NO. The fraction of sp³-hybridized carbons (Fsp3) is 0.800. The first-order valence-electron chi connectivity index (χ1n) is 6.54. The minimum Gasteiger partial charge on any atom is -0.342 e. The van der Waals surface area contributed by atoms with Gasteiger partial charge in [0.25, 0.3) is 0 Å². The molecule has 2 heteroatoms. The van der Waals surface area contributed by atoms with Crippen LogP contribution in [0.2, 0.25) is 0 Å². The highest BCUT2D eigenvalue weighted by atomic mass is 16.2. The molecule has 1 aliphatic heterocycles. The molecule has 0 N–H and O–H groups in total. The molecule has 0 aromatic heterocycles. The molecule has 0 saturated heterocycles. The van der Waals surface area contributed by atoms with Crippen LogP contribution in [0.4, 0.5) is 0 Å². The Balaban J connectivity index is 3.39. The predicted octanol–water partition coefficient (Wildman–Crippen LogP) is 3.63. The Morgan fingerprint density at radius 3 is 1.94 bits per heavy atom. The lowest BCUT2D eigenvalue weighted by atomic mass is 9.73. The SMILES string of the molecule is CN1CCCC(C(C)(C)C)=C(C(C)(C)C)C1=O. The maximum Gasteiger partial charge on any atom is 0.250 e. The smallest absolute Gasteiger partial charge is 0.250 e. The van der Waals surface area contributed by atoms with Gasteiger partial charge in [-0.3, -0.25) is 4.79 Å². The maximum atomic E-state index is 12.5. The molecule has 0 unspecified atom stereocenters. The van der Waals surface area contributed by atoms with Crippen molar-refractivity contribution in [3.05, 3.63) is 11.1 Å². The summed E-state index contributed by atoms with van der Waals surface area (Å²) in [4.78, 5) is 14.4. The fourth-order valence-electron chi connectivity index (χ4n) is 2.56. The maximum absolute atomic E-state index is 12.5. The van der Waals surface area contributed by atoms with E-state index in [9.17, 15) is 4.79 Å². The first kappa shape index (κ1) is 14.3. The van der Waals surface area contributed by atoms with Gasteiger partial charge in [0.15, 0.2) is 0 Å². The summed E-state index contributed by atoms with van der Waals surface area (Å²) in [5, 5.41) is 0. The van der Waals surface area contributed by atoms with Crippen LogP contribution in [0.1, 0.15) is 54.4 Å². The van der Waals surface area contributed by atoms with Crippen molar-refractivity contribution in [2.75, 3.05) is 13.6 Å². The number of amides is 1. The van der Waals surface area contributed by atoms with E-state index in [-0.39, 0.29) is 16.7 Å². The molecule has 1 heterocycles. The fourth-order valence-corrected chi connectivity index (χ4v) is 2.56. The molecule has 0 saturated carbocycles. The van der Waals surface area contributed by atoms with Crippen LogP contribution in [0, 0.1) is 10.8 Å². The number of rotatable bonds is 0. The van der Waals surface area contributed by atoms with Crippen molar-refractivity contribution in [1.29, 1.82) is 0 Å². The van der Waals surface area contributed by atoms with Gasteiger partial charge in [0.05, 0.1) is 0 Å². The highest BCUT2D eigenvalue weighted by Gasteiger charge is 2.35. The van der Waals surface area contributed by atoms with Crippen molar-refractivity contribution < 1.29 is 4.79 Å². The Morgan fingerprint density at radius 1 is 1.00 bits per heavy atom. The number of hydrogen-bond acceptors (Lipinski definition) is 1. The van der Waals surface area contributed by atoms with E-state index >= 15 is 0 Å². The summed E-state index contributed by atoms with van der Waals surface area (Å²) < 4.78 is 0. The van der Waals surface area contributed by atoms with E-state index in [1.165, 1.54) is 5.57 Å². The van der Waals surface area contributed by atoms with Crippen molar-refractivity contribution in [2.45, 2.75) is 54.4 Å². The second-order valence-electron chi connectivity index (χ2n) is 7.18. The molecule has 0 atom stereocenters. The van der Waals surface area contributed by atoms with Crippen molar-refractivity contribution in [3.8, 4) is 0 Å². The molecular weight excluding hydrogens is 210 g/mol. The molecule has 1 aliphatic rings. The van der Waals surface area contributed by atoms with E-state index in [2.05, 4.69) is 41.5 Å². The first-order valence-corrected chi connectivity index (χ1v) is 6.54. The zero-order valence-electron chi connectivity index (χ0n) is 12.5. The lowest BCUT2D eigenvalue weighted by molar-refractivity contribution is -0.126. The van der Waals surface area contributed by atoms with Gasteiger partial charge in [0.2, 0.25) is 5.91 Å². The number of nitrogens with zero attached hydrogens (tertiary/aromatic N) is 1. The summed E-state index contributed by atoms with van der Waals surface area (Å²) in [5.74, 6) is 0.222. The van der Waals surface area contributed by atoms with Crippen LogP contribution >= 0.6 is 0 Å². The lowest BCUT2D eigenvalue weighted by Crippen LogP contribution is -2.33. The normalized spacial score (nSPS) is 19.7. The molecule has 0 spiro atoms. The van der Waals surface area contributed by atoms with Crippen molar-refractivity contribution in [1.82, 2.24) is 4.90 Å². The van der Waals surface area contributed by atoms with Crippen molar-refractivity contribution >= 4 is 5.91 Å². The third kappa shape index (κ3) is 3.11. The van der Waals surface area contributed by atoms with Gasteiger partial charge in [-0.1, -0.05) is 47.1 Å². The van der Waals surface area contributed by atoms with Gasteiger partial charge in [-0.25, -0.2) is 0 Å². The first-order chi connectivity index (χ1) is 7.55. The quantitative estimate of drug-likeness (QED) is 0.630. The van der Waals surface area contributed by atoms with Crippen molar-refractivity contribution in [3.63, 3.8) is 0 Å². The number of allylic oxidation sites excluding steroid dienone is 1. The Labute approximate surface area is 106 Å². The van der Waals surface area contributed by atoms with Crippen LogP contribution in [0.3, 0.4) is 0 Å². The minimum atomic E-state index is -0.0711. The summed E-state index contributed by atoms with van der Waals surface area (Å²) in [7, 11) is 1.92. The minimum absolute atomic E-state index is 0.0711. The monoisotopic (exact) mass is 237 g/mol. The summed E-state index contributed by atoms with van der Waals surface area (Å²) in [6.07, 6.45) is 2.13. The van der Waals surface area contributed by atoms with Gasteiger partial charge in [0, 0.05) is 19.2 Å². The van der Waals surface area contributed by atoms with Crippen LogP contribution < -0.4 is 0 Å². The Hall–Kier alpha value is -0.790. The van der Waals surface area contributed by atoms with E-state index in [4.69, 9.17) is 0 Å². The van der Waals surface area contributed by atoms with E-state index in [1.54, 1.807) is 0 Å². The molecule has 0 aromatic rings. The van der Waals surface area contributed by atoms with Crippen LogP contribution in [-0.4, -0.2) is 24.4 Å². The van der Waals surface area contributed by atoms with Gasteiger partial charge >= 0.3 is 0 Å². The van der Waals surface area contributed by atoms with Gasteiger partial charge in [-0.05, 0) is 23.7 Å². The van der Waals surface area contributed by atoms with E-state index in [0.717, 1.165) is 25.0 Å². The van der Waals surface area contributed by atoms with Crippen LogP contribution in [0.5, 0.6) is 0 Å². The van der Waals surface area contributed by atoms with Gasteiger partial charge in [-0.15, -0.1) is 0 Å². The molecule has 0 fully saturated rings. The highest BCUT2D eigenvalue weighted by molar-refractivity contribution is 5.95. The Kier molecular flexibility index (Phi) is 3.75. The molecule has 0 aromatic carbocycles. The topological polar surface area (TPSA) is 20.3 Å². The highest BCUT2D eigenvalue weighted by Crippen LogP contribution is 2.40. The summed E-state index contributed by atoms with van der Waals surface area (Å²) in [5.41, 5.74) is 2.39. The number of carbonyl (C=O) groups excluding carboxylic acids is 1. The molecule has 17 heavy (non-hydrogen) atoms. The molecule has 1 rings (SSSR count). The van der Waals surface area contributed by atoms with Gasteiger partial charge < -0.3 is 4.90 Å². The van der Waals surface area contributed by atoms with Crippen molar-refractivity contribution in [2.24, 2.45) is 10.8 Å². The molecule has 2 nitrogen and oxygen atoms in total. The molecule has 0 aliphatic carbocycles. The second kappa shape index (κ2) is 4.47. The average molecular weight is 237 g/mol. The Morgan fingerprint density at radius 2 is 1.53 bits per heavy atom. The lowest BCUT2D eigenvalue weighted by Gasteiger charge is -2.32. The molecule has 0 radical (unpaired) electrons. The molecule has 1 amide bonds. The zero-order valence-corrected chi connectivity index (χ0v) is 12.5. The number of carbonyl (C=O) groups is 1. The summed E-state index contributed by atoms with van der Waals surface area (Å²) in [6, 6.07) is 0. The van der Waals surface area contributed by atoms with E-state index in [0.29, 0.717) is 0 Å². The second-order valence-corrected chi connectivity index (χ2v) is 7.18. The van der Waals surface area contributed by atoms with Gasteiger partial charge in [0.1, 0.15) is 0 Å². The van der Waals surface area contributed by atoms with Gasteiger partial charge in [-0.2, -0.15) is 0 Å². The number of likely N-dealkylation sites (N-methyl/N-ethyl adjacent to an activating group) is 1. The van der Waals surface area contributed by atoms with Crippen LogP contribution in [0.15, 0.2) is 11.1 Å². The third-order valence-corrected chi connectivity index (χ3v) is 3.44. The third-order valence-electron chi connectivity index (χ3n) is 3.44. The van der Waals surface area contributed by atoms with Crippen LogP contribution in [0.25, 0.3) is 0 Å².